The van der Waals surface area contributed by atoms with Crippen LogP contribution in [0.25, 0.3) is 11.2 Å². The lowest BCUT2D eigenvalue weighted by Gasteiger charge is -2.14. The molecule has 168 valence electrons. The van der Waals surface area contributed by atoms with E-state index in [2.05, 4.69) is 25.6 Å². The van der Waals surface area contributed by atoms with Crippen molar-refractivity contribution in [3.63, 3.8) is 0 Å². The molecule has 1 unspecified atom stereocenters. The standard InChI is InChI=1S/C16H21ClN6O6P2/c1-10(2)23-7-18-13-14(20-12-5-3-4-11(17)6-12)21-16(22-15(13)23)19-8-29-31(27,28)9-30(24,25)26/h3-7,10H,8-9H2,1-2H3,(H,27,28)(H2,24,25,26)(H2,19,20,21,22). The first-order valence-corrected chi connectivity index (χ1v) is 12.9. The second-order valence-electron chi connectivity index (χ2n) is 6.84. The summed E-state index contributed by atoms with van der Waals surface area (Å²) in [6, 6.07) is 7.03. The van der Waals surface area contributed by atoms with Crippen molar-refractivity contribution in [3.8, 4) is 0 Å². The summed E-state index contributed by atoms with van der Waals surface area (Å²) in [6.07, 6.45) is 1.62. The van der Waals surface area contributed by atoms with E-state index in [0.717, 1.165) is 0 Å². The van der Waals surface area contributed by atoms with Crippen LogP contribution in [0.5, 0.6) is 0 Å². The number of imidazole rings is 1. The van der Waals surface area contributed by atoms with Gasteiger partial charge < -0.3 is 29.9 Å². The third-order valence-corrected chi connectivity index (χ3v) is 7.60. The number of hydrogen-bond acceptors (Lipinski definition) is 8. The Balaban J connectivity index is 1.88. The van der Waals surface area contributed by atoms with Gasteiger partial charge >= 0.3 is 15.2 Å². The van der Waals surface area contributed by atoms with Crippen LogP contribution >= 0.6 is 26.8 Å². The topological polar surface area (TPSA) is 172 Å². The highest BCUT2D eigenvalue weighted by Gasteiger charge is 2.31. The van der Waals surface area contributed by atoms with Crippen molar-refractivity contribution in [2.24, 2.45) is 0 Å². The Morgan fingerprint density at radius 2 is 1.97 bits per heavy atom. The monoisotopic (exact) mass is 490 g/mol. The zero-order valence-corrected chi connectivity index (χ0v) is 19.1. The number of fused-ring (bicyclic) bond motifs is 1. The Morgan fingerprint density at radius 1 is 1.23 bits per heavy atom. The highest BCUT2D eigenvalue weighted by Crippen LogP contribution is 2.55. The summed E-state index contributed by atoms with van der Waals surface area (Å²) < 4.78 is 29.3. The average Bonchev–Trinajstić information content (AvgIpc) is 3.04. The molecule has 15 heteroatoms. The van der Waals surface area contributed by atoms with Crippen LogP contribution in [0.1, 0.15) is 19.9 Å². The minimum Gasteiger partial charge on any atom is -0.338 e. The summed E-state index contributed by atoms with van der Waals surface area (Å²) in [5, 5.41) is 6.28. The van der Waals surface area contributed by atoms with Crippen LogP contribution in [0.15, 0.2) is 30.6 Å². The number of aromatic nitrogens is 4. The first-order valence-electron chi connectivity index (χ1n) is 8.95. The van der Waals surface area contributed by atoms with Crippen molar-refractivity contribution in [2.75, 3.05) is 23.3 Å². The van der Waals surface area contributed by atoms with Crippen LogP contribution in [0, 0.1) is 0 Å². The summed E-state index contributed by atoms with van der Waals surface area (Å²) in [7, 11) is -9.24. The number of hydrogen-bond donors (Lipinski definition) is 5. The predicted octanol–water partition coefficient (Wildman–Crippen LogP) is 3.51. The van der Waals surface area contributed by atoms with Gasteiger partial charge in [-0.05, 0) is 32.0 Å². The Kier molecular flexibility index (Phi) is 7.02. The molecular weight excluding hydrogens is 470 g/mol. The molecule has 1 aromatic carbocycles. The Hall–Kier alpha value is -2.04. The van der Waals surface area contributed by atoms with Crippen LogP contribution in [0.3, 0.4) is 0 Å². The molecule has 2 aromatic heterocycles. The van der Waals surface area contributed by atoms with Crippen molar-refractivity contribution in [1.82, 2.24) is 19.5 Å². The molecule has 0 aliphatic rings. The third-order valence-electron chi connectivity index (χ3n) is 3.92. The second-order valence-corrected chi connectivity index (χ2v) is 11.3. The molecule has 3 aromatic rings. The summed E-state index contributed by atoms with van der Waals surface area (Å²) >= 11 is 6.04. The molecule has 31 heavy (non-hydrogen) atoms. The second kappa shape index (κ2) is 9.22. The van der Waals surface area contributed by atoms with E-state index in [9.17, 15) is 14.0 Å². The van der Waals surface area contributed by atoms with Crippen molar-refractivity contribution in [2.45, 2.75) is 19.9 Å². The van der Waals surface area contributed by atoms with Gasteiger partial charge in [-0.3, -0.25) is 13.7 Å². The number of nitrogens with one attached hydrogen (secondary N) is 2. The third kappa shape index (κ3) is 6.47. The maximum Gasteiger partial charge on any atom is 0.341 e. The fraction of sp³-hybridized carbons (Fsp3) is 0.312. The van der Waals surface area contributed by atoms with Gasteiger partial charge in [-0.25, -0.2) is 4.98 Å². The number of rotatable bonds is 9. The van der Waals surface area contributed by atoms with E-state index < -0.39 is 27.8 Å². The van der Waals surface area contributed by atoms with Crippen LogP contribution in [-0.2, 0) is 13.7 Å². The number of halogens is 1. The minimum absolute atomic E-state index is 0.0453. The van der Waals surface area contributed by atoms with Gasteiger partial charge in [-0.1, -0.05) is 17.7 Å². The molecule has 0 spiro atoms. The smallest absolute Gasteiger partial charge is 0.338 e. The quantitative estimate of drug-likeness (QED) is 0.219. The molecule has 1 atom stereocenters. The van der Waals surface area contributed by atoms with Gasteiger partial charge in [0.05, 0.1) is 6.33 Å². The normalized spacial score (nSPS) is 14.0. The summed E-state index contributed by atoms with van der Waals surface area (Å²) in [4.78, 5) is 40.4. The molecule has 0 saturated carbocycles. The fourth-order valence-corrected chi connectivity index (χ4v) is 5.28. The van der Waals surface area contributed by atoms with Crippen molar-refractivity contribution in [3.05, 3.63) is 35.6 Å². The van der Waals surface area contributed by atoms with Gasteiger partial charge in [0, 0.05) is 16.8 Å². The maximum atomic E-state index is 11.8. The summed E-state index contributed by atoms with van der Waals surface area (Å²) in [5.41, 5.74) is 1.66. The lowest BCUT2D eigenvalue weighted by molar-refractivity contribution is 0.278. The predicted molar refractivity (Wildman–Crippen MR) is 117 cm³/mol. The van der Waals surface area contributed by atoms with Gasteiger partial charge in [-0.2, -0.15) is 9.97 Å². The average molecular weight is 491 g/mol. The van der Waals surface area contributed by atoms with E-state index in [1.165, 1.54) is 0 Å². The molecule has 0 bridgehead atoms. The molecule has 0 amide bonds. The molecular formula is C16H21ClN6O6P2. The lowest BCUT2D eigenvalue weighted by atomic mass is 10.3. The van der Waals surface area contributed by atoms with Crippen LogP contribution in [0.2, 0.25) is 5.02 Å². The van der Waals surface area contributed by atoms with Crippen molar-refractivity contribution >= 4 is 55.4 Å². The summed E-state index contributed by atoms with van der Waals surface area (Å²) in [5.74, 6) is -0.879. The van der Waals surface area contributed by atoms with Crippen LogP contribution < -0.4 is 10.6 Å². The molecule has 3 rings (SSSR count). The lowest BCUT2D eigenvalue weighted by Crippen LogP contribution is -2.11. The Morgan fingerprint density at radius 3 is 2.61 bits per heavy atom. The zero-order chi connectivity index (χ0) is 22.8. The van der Waals surface area contributed by atoms with E-state index in [1.807, 2.05) is 18.4 Å². The molecule has 5 N–H and O–H groups in total. The van der Waals surface area contributed by atoms with Crippen LogP contribution in [0.4, 0.5) is 17.5 Å². The van der Waals surface area contributed by atoms with Crippen molar-refractivity contribution < 1.29 is 28.3 Å². The highest BCUT2D eigenvalue weighted by molar-refractivity contribution is 7.70. The maximum absolute atomic E-state index is 11.8. The Bertz CT molecular complexity index is 1180. The van der Waals surface area contributed by atoms with Crippen molar-refractivity contribution in [1.29, 1.82) is 0 Å². The molecule has 12 nitrogen and oxygen atoms in total. The molecule has 0 radical (unpaired) electrons. The molecule has 2 heterocycles. The van der Waals surface area contributed by atoms with E-state index in [1.54, 1.807) is 30.6 Å². The Labute approximate surface area is 182 Å². The van der Waals surface area contributed by atoms with Gasteiger partial charge in [0.25, 0.3) is 0 Å². The van der Waals surface area contributed by atoms with Gasteiger partial charge in [0.1, 0.15) is 6.73 Å². The fourth-order valence-electron chi connectivity index (χ4n) is 2.63. The van der Waals surface area contributed by atoms with E-state index in [-0.39, 0.29) is 12.0 Å². The van der Waals surface area contributed by atoms with Gasteiger partial charge in [0.15, 0.2) is 22.9 Å². The minimum atomic E-state index is -4.72. The highest BCUT2D eigenvalue weighted by atomic mass is 35.5. The van der Waals surface area contributed by atoms with E-state index in [4.69, 9.17) is 25.9 Å². The molecule has 0 saturated heterocycles. The molecule has 0 fully saturated rings. The van der Waals surface area contributed by atoms with E-state index >= 15 is 0 Å². The number of nitrogens with zero attached hydrogens (tertiary/aromatic N) is 4. The number of anilines is 3. The molecule has 0 aliphatic heterocycles. The SMILES string of the molecule is CC(C)n1cnc2c(Nc3cccc(Cl)c3)nc(NCOP(=O)(O)CP(=O)(O)O)nc21. The van der Waals surface area contributed by atoms with Gasteiger partial charge in [0.2, 0.25) is 5.95 Å². The van der Waals surface area contributed by atoms with Gasteiger partial charge in [-0.15, -0.1) is 0 Å². The van der Waals surface area contributed by atoms with E-state index in [0.29, 0.717) is 27.7 Å². The molecule has 0 aliphatic carbocycles. The summed E-state index contributed by atoms with van der Waals surface area (Å²) in [6.45, 7) is 3.35. The number of benzene rings is 1. The van der Waals surface area contributed by atoms with Crippen LogP contribution in [-0.4, -0.2) is 46.8 Å². The zero-order valence-electron chi connectivity index (χ0n) is 16.5. The first kappa shape index (κ1) is 23.6. The first-order chi connectivity index (χ1) is 14.4. The largest absolute Gasteiger partial charge is 0.341 e.